The molecule has 4 atom stereocenters. The van der Waals surface area contributed by atoms with E-state index in [1.807, 2.05) is 87.5 Å². The van der Waals surface area contributed by atoms with Crippen molar-refractivity contribution in [2.45, 2.75) is 115 Å². The molecule has 4 aromatic rings. The number of nitrogens with two attached hydrogens (primary N) is 1. The fraction of sp³-hybridized carbons (Fsp3) is 0.426. The molecule has 5 N–H and O–H groups in total. The number of nitrogens with zero attached hydrogens (tertiary/aromatic N) is 1. The summed E-state index contributed by atoms with van der Waals surface area (Å²) >= 11 is 0. The zero-order chi connectivity index (χ0) is 41.1. The fourth-order valence-corrected chi connectivity index (χ4v) is 7.56. The number of para-hydroxylation sites is 2. The van der Waals surface area contributed by atoms with Crippen molar-refractivity contribution in [3.8, 4) is 11.1 Å². The van der Waals surface area contributed by atoms with E-state index in [-0.39, 0.29) is 42.6 Å². The summed E-state index contributed by atoms with van der Waals surface area (Å²) in [5, 5.41) is 15.5. The summed E-state index contributed by atoms with van der Waals surface area (Å²) in [6, 6.07) is 31.0. The molecule has 2 saturated heterocycles. The molecular weight excluding hydrogens is 733 g/mol. The van der Waals surface area contributed by atoms with Gasteiger partial charge in [-0.05, 0) is 105 Å². The molecule has 2 fully saturated rings. The Kier molecular flexibility index (Phi) is 14.7. The van der Waals surface area contributed by atoms with Crippen LogP contribution in [0.2, 0.25) is 0 Å². The van der Waals surface area contributed by atoms with Crippen molar-refractivity contribution in [3.05, 3.63) is 119 Å². The van der Waals surface area contributed by atoms with Crippen molar-refractivity contribution in [1.82, 2.24) is 10.2 Å². The van der Waals surface area contributed by atoms with Gasteiger partial charge in [-0.15, -0.1) is 0 Å². The summed E-state index contributed by atoms with van der Waals surface area (Å²) in [5.74, 6) is -0.303. The molecule has 11 nitrogen and oxygen atoms in total. The second-order valence-corrected chi connectivity index (χ2v) is 16.3. The van der Waals surface area contributed by atoms with Gasteiger partial charge >= 0.3 is 5.97 Å². The molecule has 11 heteroatoms. The highest BCUT2D eigenvalue weighted by Crippen LogP contribution is 2.40. The number of nitrogens with one attached hydrogen (secondary N) is 2. The minimum atomic E-state index is -0.650. The molecule has 0 aliphatic carbocycles. The van der Waals surface area contributed by atoms with Crippen molar-refractivity contribution in [2.75, 3.05) is 24.1 Å². The predicted molar refractivity (Wildman–Crippen MR) is 225 cm³/mol. The number of amides is 2. The van der Waals surface area contributed by atoms with Crippen LogP contribution in [0.15, 0.2) is 97.1 Å². The first-order chi connectivity index (χ1) is 27.9. The first-order valence-corrected chi connectivity index (χ1v) is 20.5. The standard InChI is InChI=1S/C47H58N4O7/c1-47(2,3)58-45(55)41-18-11-25-51(41)30-38-28-42(34-23-21-32(31-52)22-24-34)57-46(56-38)37-15-10-14-36(27-37)35-13-9-12-33(26-35)29-49-43(53)19-5-4-6-20-44(54)50-40-17-8-7-16-39(40)48/h7-10,12-17,21-24,26-27,38,41-42,46,52H,4-6,11,18-20,25,28-31,48H2,1-3H3,(H,49,53)(H,50,54). The van der Waals surface area contributed by atoms with Crippen LogP contribution in [0.3, 0.4) is 0 Å². The van der Waals surface area contributed by atoms with Gasteiger partial charge in [0.15, 0.2) is 6.29 Å². The Morgan fingerprint density at radius 3 is 2.29 bits per heavy atom. The molecule has 0 radical (unpaired) electrons. The van der Waals surface area contributed by atoms with Crippen molar-refractivity contribution >= 4 is 29.2 Å². The molecule has 2 aliphatic rings. The van der Waals surface area contributed by atoms with Crippen molar-refractivity contribution in [2.24, 2.45) is 0 Å². The number of rotatable bonds is 16. The second-order valence-electron chi connectivity index (χ2n) is 16.3. The van der Waals surface area contributed by atoms with E-state index in [0.29, 0.717) is 56.6 Å². The van der Waals surface area contributed by atoms with E-state index in [1.165, 1.54) is 0 Å². The molecule has 308 valence electrons. The minimum absolute atomic E-state index is 0.0260. The first-order valence-electron chi connectivity index (χ1n) is 20.5. The van der Waals surface area contributed by atoms with Crippen LogP contribution in [0.25, 0.3) is 11.1 Å². The third-order valence-corrected chi connectivity index (χ3v) is 10.5. The molecular formula is C47H58N4O7. The third-order valence-electron chi connectivity index (χ3n) is 10.5. The second kappa shape index (κ2) is 20.1. The summed E-state index contributed by atoms with van der Waals surface area (Å²) < 4.78 is 19.1. The average molecular weight is 791 g/mol. The number of esters is 1. The number of unbranched alkanes of at least 4 members (excludes halogenated alkanes) is 2. The quantitative estimate of drug-likeness (QED) is 0.0503. The average Bonchev–Trinajstić information content (AvgIpc) is 3.68. The lowest BCUT2D eigenvalue weighted by Crippen LogP contribution is -2.45. The lowest BCUT2D eigenvalue weighted by molar-refractivity contribution is -0.253. The normalized spacial score (nSPS) is 19.7. The Balaban J connectivity index is 1.06. The lowest BCUT2D eigenvalue weighted by atomic mass is 9.98. The van der Waals surface area contributed by atoms with E-state index in [4.69, 9.17) is 19.9 Å². The number of aliphatic hydroxyl groups is 1. The van der Waals surface area contributed by atoms with Gasteiger partial charge in [0.05, 0.1) is 30.2 Å². The molecule has 0 spiro atoms. The highest BCUT2D eigenvalue weighted by Gasteiger charge is 2.39. The Morgan fingerprint density at radius 1 is 0.828 bits per heavy atom. The van der Waals surface area contributed by atoms with E-state index in [0.717, 1.165) is 59.2 Å². The number of ether oxygens (including phenoxy) is 3. The smallest absolute Gasteiger partial charge is 0.323 e. The number of carbonyl (C=O) groups is 3. The van der Waals surface area contributed by atoms with Crippen LogP contribution in [-0.2, 0) is 41.7 Å². The SMILES string of the molecule is CC(C)(C)OC(=O)C1CCCN1CC1CC(c2ccc(CO)cc2)OC(c2cccc(-c3cccc(CNC(=O)CCCCCC(=O)Nc4ccccc4N)c3)c2)O1. The van der Waals surface area contributed by atoms with Gasteiger partial charge < -0.3 is 35.7 Å². The fourth-order valence-electron chi connectivity index (χ4n) is 7.56. The highest BCUT2D eigenvalue weighted by molar-refractivity contribution is 5.93. The maximum atomic E-state index is 13.2. The topological polar surface area (TPSA) is 152 Å². The summed E-state index contributed by atoms with van der Waals surface area (Å²) in [4.78, 5) is 40.3. The predicted octanol–water partition coefficient (Wildman–Crippen LogP) is 7.99. The molecule has 4 aromatic carbocycles. The number of carbonyl (C=O) groups excluding carboxylic acids is 3. The van der Waals surface area contributed by atoms with E-state index in [2.05, 4.69) is 33.7 Å². The van der Waals surface area contributed by atoms with Crippen LogP contribution >= 0.6 is 0 Å². The van der Waals surface area contributed by atoms with Crippen LogP contribution in [0, 0.1) is 0 Å². The maximum absolute atomic E-state index is 13.2. The summed E-state index contributed by atoms with van der Waals surface area (Å²) in [7, 11) is 0. The number of hydrogen-bond acceptors (Lipinski definition) is 9. The van der Waals surface area contributed by atoms with E-state index in [9.17, 15) is 19.5 Å². The lowest BCUT2D eigenvalue weighted by Gasteiger charge is -2.38. The van der Waals surface area contributed by atoms with Gasteiger partial charge in [0.25, 0.3) is 0 Å². The van der Waals surface area contributed by atoms with Gasteiger partial charge in [-0.1, -0.05) is 79.2 Å². The first kappa shape index (κ1) is 42.5. The van der Waals surface area contributed by atoms with Crippen LogP contribution in [0.1, 0.15) is 107 Å². The van der Waals surface area contributed by atoms with Crippen molar-refractivity contribution in [3.63, 3.8) is 0 Å². The molecule has 0 bridgehead atoms. The Morgan fingerprint density at radius 2 is 1.55 bits per heavy atom. The molecule has 2 aliphatic heterocycles. The number of nitrogen functional groups attached to an aromatic ring is 1. The molecule has 0 aromatic heterocycles. The number of benzene rings is 4. The number of aliphatic hydroxyl groups excluding tert-OH is 1. The van der Waals surface area contributed by atoms with Gasteiger partial charge in [0, 0.05) is 37.9 Å². The Hall–Kier alpha value is -5.07. The monoisotopic (exact) mass is 790 g/mol. The summed E-state index contributed by atoms with van der Waals surface area (Å²) in [5.41, 5.74) is 12.2. The highest BCUT2D eigenvalue weighted by atomic mass is 16.7. The molecule has 0 saturated carbocycles. The van der Waals surface area contributed by atoms with Crippen molar-refractivity contribution < 1.29 is 33.7 Å². The molecule has 2 heterocycles. The molecule has 6 rings (SSSR count). The van der Waals surface area contributed by atoms with E-state index >= 15 is 0 Å². The summed E-state index contributed by atoms with van der Waals surface area (Å²) in [6.45, 7) is 7.43. The van der Waals surface area contributed by atoms with Gasteiger partial charge in [-0.2, -0.15) is 0 Å². The molecule has 58 heavy (non-hydrogen) atoms. The van der Waals surface area contributed by atoms with Crippen LogP contribution in [0.4, 0.5) is 11.4 Å². The van der Waals surface area contributed by atoms with Gasteiger partial charge in [0.2, 0.25) is 11.8 Å². The number of likely N-dealkylation sites (tertiary alicyclic amines) is 1. The van der Waals surface area contributed by atoms with Gasteiger partial charge in [-0.25, -0.2) is 0 Å². The van der Waals surface area contributed by atoms with E-state index in [1.54, 1.807) is 12.1 Å². The van der Waals surface area contributed by atoms with Crippen molar-refractivity contribution in [1.29, 1.82) is 0 Å². The van der Waals surface area contributed by atoms with E-state index < -0.39 is 11.9 Å². The largest absolute Gasteiger partial charge is 0.459 e. The number of anilines is 2. The van der Waals surface area contributed by atoms with Crippen LogP contribution in [-0.4, -0.2) is 58.6 Å². The van der Waals surface area contributed by atoms with Gasteiger partial charge in [0.1, 0.15) is 11.6 Å². The minimum Gasteiger partial charge on any atom is -0.459 e. The zero-order valence-electron chi connectivity index (χ0n) is 34.0. The molecule has 2 amide bonds. The summed E-state index contributed by atoms with van der Waals surface area (Å²) in [6.07, 6.45) is 4.10. The zero-order valence-corrected chi connectivity index (χ0v) is 34.0. The number of hydrogen-bond donors (Lipinski definition) is 4. The van der Waals surface area contributed by atoms with Gasteiger partial charge in [-0.3, -0.25) is 19.3 Å². The van der Waals surface area contributed by atoms with Crippen LogP contribution in [0.5, 0.6) is 0 Å². The Labute approximate surface area is 342 Å². The molecule has 4 unspecified atom stereocenters. The third kappa shape index (κ3) is 12.2. The maximum Gasteiger partial charge on any atom is 0.323 e. The van der Waals surface area contributed by atoms with Crippen LogP contribution < -0.4 is 16.4 Å². The Bertz CT molecular complexity index is 2000.